The molecule has 0 aliphatic heterocycles. The van der Waals surface area contributed by atoms with E-state index in [1.54, 1.807) is 17.7 Å². The Labute approximate surface area is 117 Å². The van der Waals surface area contributed by atoms with Crippen molar-refractivity contribution in [2.45, 2.75) is 26.8 Å². The third-order valence-corrected chi connectivity index (χ3v) is 3.57. The van der Waals surface area contributed by atoms with Crippen LogP contribution in [0.5, 0.6) is 0 Å². The van der Waals surface area contributed by atoms with Crippen molar-refractivity contribution >= 4 is 17.3 Å². The van der Waals surface area contributed by atoms with Crippen LogP contribution in [0, 0.1) is 12.7 Å². The van der Waals surface area contributed by atoms with Gasteiger partial charge in [-0.3, -0.25) is 4.68 Å². The molecule has 0 saturated heterocycles. The molecule has 2 rings (SSSR count). The normalized spacial score (nSPS) is 10.8. The van der Waals surface area contributed by atoms with Crippen LogP contribution in [0.2, 0.25) is 5.02 Å². The van der Waals surface area contributed by atoms with Gasteiger partial charge in [0.1, 0.15) is 5.82 Å². The van der Waals surface area contributed by atoms with Gasteiger partial charge in [-0.15, -0.1) is 0 Å². The molecule has 0 aliphatic rings. The van der Waals surface area contributed by atoms with Crippen molar-refractivity contribution in [2.75, 3.05) is 5.32 Å². The number of hydrogen-bond acceptors (Lipinski definition) is 2. The highest BCUT2D eigenvalue weighted by molar-refractivity contribution is 6.31. The molecule has 0 bridgehead atoms. The molecule has 0 spiro atoms. The summed E-state index contributed by atoms with van der Waals surface area (Å²) in [5, 5.41) is 8.19. The Morgan fingerprint density at radius 2 is 2.16 bits per heavy atom. The number of benzene rings is 1. The van der Waals surface area contributed by atoms with Crippen LogP contribution < -0.4 is 5.32 Å². The Bertz CT molecular complexity index is 593. The summed E-state index contributed by atoms with van der Waals surface area (Å²) in [6, 6.07) is 5.09. The first-order valence-electron chi connectivity index (χ1n) is 6.23. The van der Waals surface area contributed by atoms with Gasteiger partial charge in [-0.05, 0) is 31.0 Å². The highest BCUT2D eigenvalue weighted by Gasteiger charge is 2.12. The number of hydrogen-bond donors (Lipinski definition) is 1. The molecule has 0 atom stereocenters. The van der Waals surface area contributed by atoms with Gasteiger partial charge < -0.3 is 5.32 Å². The van der Waals surface area contributed by atoms with Crippen molar-refractivity contribution in [3.63, 3.8) is 0 Å². The minimum Gasteiger partial charge on any atom is -0.379 e. The Morgan fingerprint density at radius 1 is 1.42 bits per heavy atom. The molecule has 0 aliphatic carbocycles. The summed E-state index contributed by atoms with van der Waals surface area (Å²) < 4.78 is 15.2. The van der Waals surface area contributed by atoms with Crippen LogP contribution >= 0.6 is 11.6 Å². The van der Waals surface area contributed by atoms with E-state index in [2.05, 4.69) is 10.4 Å². The van der Waals surface area contributed by atoms with Crippen LogP contribution in [0.4, 0.5) is 10.1 Å². The zero-order valence-corrected chi connectivity index (χ0v) is 12.1. The zero-order valence-electron chi connectivity index (χ0n) is 11.3. The van der Waals surface area contributed by atoms with Crippen LogP contribution in [0.3, 0.4) is 0 Å². The molecule has 3 nitrogen and oxygen atoms in total. The van der Waals surface area contributed by atoms with Crippen LogP contribution in [-0.4, -0.2) is 9.78 Å². The highest BCUT2D eigenvalue weighted by Crippen LogP contribution is 2.22. The summed E-state index contributed by atoms with van der Waals surface area (Å²) >= 11 is 6.26. The van der Waals surface area contributed by atoms with E-state index >= 15 is 0 Å². The molecule has 1 heterocycles. The molecule has 19 heavy (non-hydrogen) atoms. The van der Waals surface area contributed by atoms with Crippen LogP contribution in [0.25, 0.3) is 0 Å². The second-order valence-corrected chi connectivity index (χ2v) is 4.88. The van der Waals surface area contributed by atoms with Crippen LogP contribution in [0.1, 0.15) is 23.9 Å². The Kier molecular flexibility index (Phi) is 4.10. The molecule has 1 aromatic heterocycles. The fourth-order valence-corrected chi connectivity index (χ4v) is 2.26. The van der Waals surface area contributed by atoms with Crippen molar-refractivity contribution in [3.8, 4) is 0 Å². The second kappa shape index (κ2) is 5.61. The van der Waals surface area contributed by atoms with Crippen molar-refractivity contribution in [3.05, 3.63) is 46.0 Å². The molecular weight excluding hydrogens is 265 g/mol. The van der Waals surface area contributed by atoms with Gasteiger partial charge in [0.25, 0.3) is 0 Å². The van der Waals surface area contributed by atoms with E-state index < -0.39 is 0 Å². The number of rotatable bonds is 4. The molecule has 102 valence electrons. The van der Waals surface area contributed by atoms with Gasteiger partial charge in [0.15, 0.2) is 0 Å². The second-order valence-electron chi connectivity index (χ2n) is 4.50. The van der Waals surface area contributed by atoms with E-state index in [0.717, 1.165) is 23.5 Å². The predicted molar refractivity (Wildman–Crippen MR) is 76.1 cm³/mol. The third kappa shape index (κ3) is 2.89. The van der Waals surface area contributed by atoms with E-state index in [9.17, 15) is 4.39 Å². The van der Waals surface area contributed by atoms with Gasteiger partial charge in [0, 0.05) is 12.7 Å². The number of aryl methyl sites for hydroxylation is 3. The fraction of sp³-hybridized carbons (Fsp3) is 0.357. The summed E-state index contributed by atoms with van der Waals surface area (Å²) in [5.41, 5.74) is 3.16. The zero-order chi connectivity index (χ0) is 14.0. The molecule has 5 heteroatoms. The average Bonchev–Trinajstić information content (AvgIpc) is 2.66. The largest absolute Gasteiger partial charge is 0.379 e. The number of nitrogens with one attached hydrogen (secondary N) is 1. The minimum atomic E-state index is -0.213. The van der Waals surface area contributed by atoms with Crippen LogP contribution in [0.15, 0.2) is 18.2 Å². The lowest BCUT2D eigenvalue weighted by Crippen LogP contribution is -2.06. The predicted octanol–water partition coefficient (Wildman–Crippen LogP) is 3.70. The molecule has 0 amide bonds. The third-order valence-electron chi connectivity index (χ3n) is 3.13. The summed E-state index contributed by atoms with van der Waals surface area (Å²) in [5.74, 6) is -0.213. The first kappa shape index (κ1) is 13.9. The Morgan fingerprint density at radius 3 is 2.74 bits per heavy atom. The monoisotopic (exact) mass is 281 g/mol. The van der Waals surface area contributed by atoms with Crippen molar-refractivity contribution in [1.29, 1.82) is 0 Å². The van der Waals surface area contributed by atoms with E-state index in [4.69, 9.17) is 11.6 Å². The standard InChI is InChI=1S/C14H17ClFN3/c1-4-12-14(15)13(19(3)18-12)8-17-10-6-5-9(2)11(16)7-10/h5-7,17H,4,8H2,1-3H3. The van der Waals surface area contributed by atoms with Gasteiger partial charge in [0.05, 0.1) is 23.0 Å². The minimum absolute atomic E-state index is 0.213. The molecule has 1 aromatic carbocycles. The molecule has 0 unspecified atom stereocenters. The summed E-state index contributed by atoms with van der Waals surface area (Å²) in [6.45, 7) is 4.27. The van der Waals surface area contributed by atoms with Gasteiger partial charge in [-0.25, -0.2) is 4.39 Å². The summed E-state index contributed by atoms with van der Waals surface area (Å²) in [4.78, 5) is 0. The smallest absolute Gasteiger partial charge is 0.128 e. The molecule has 0 saturated carbocycles. The van der Waals surface area contributed by atoms with Crippen molar-refractivity contribution < 1.29 is 4.39 Å². The van der Waals surface area contributed by atoms with E-state index in [1.807, 2.05) is 20.0 Å². The maximum atomic E-state index is 13.4. The average molecular weight is 282 g/mol. The topological polar surface area (TPSA) is 29.9 Å². The summed E-state index contributed by atoms with van der Waals surface area (Å²) in [7, 11) is 1.86. The SMILES string of the molecule is CCc1nn(C)c(CNc2ccc(C)c(F)c2)c1Cl. The van der Waals surface area contributed by atoms with Crippen LogP contribution in [-0.2, 0) is 20.0 Å². The lowest BCUT2D eigenvalue weighted by molar-refractivity contribution is 0.619. The number of anilines is 1. The lowest BCUT2D eigenvalue weighted by Gasteiger charge is -2.08. The van der Waals surface area contributed by atoms with E-state index in [-0.39, 0.29) is 5.82 Å². The van der Waals surface area contributed by atoms with Crippen molar-refractivity contribution in [1.82, 2.24) is 9.78 Å². The highest BCUT2D eigenvalue weighted by atomic mass is 35.5. The first-order valence-corrected chi connectivity index (χ1v) is 6.61. The van der Waals surface area contributed by atoms with Gasteiger partial charge in [-0.2, -0.15) is 5.10 Å². The summed E-state index contributed by atoms with van der Waals surface area (Å²) in [6.07, 6.45) is 0.797. The maximum absolute atomic E-state index is 13.4. The Balaban J connectivity index is 2.14. The van der Waals surface area contributed by atoms with E-state index in [1.165, 1.54) is 6.07 Å². The quantitative estimate of drug-likeness (QED) is 0.926. The molecule has 2 aromatic rings. The van der Waals surface area contributed by atoms with Gasteiger partial charge in [-0.1, -0.05) is 24.6 Å². The number of halogens is 2. The number of nitrogens with zero attached hydrogens (tertiary/aromatic N) is 2. The molecular formula is C14H17ClFN3. The fourth-order valence-electron chi connectivity index (χ4n) is 1.90. The molecule has 1 N–H and O–H groups in total. The maximum Gasteiger partial charge on any atom is 0.128 e. The van der Waals surface area contributed by atoms with E-state index in [0.29, 0.717) is 17.1 Å². The Hall–Kier alpha value is -1.55. The number of aromatic nitrogens is 2. The van der Waals surface area contributed by atoms with Crippen molar-refractivity contribution in [2.24, 2.45) is 7.05 Å². The van der Waals surface area contributed by atoms with Gasteiger partial charge in [0.2, 0.25) is 0 Å². The molecule has 0 radical (unpaired) electrons. The van der Waals surface area contributed by atoms with Gasteiger partial charge >= 0.3 is 0 Å². The lowest BCUT2D eigenvalue weighted by atomic mass is 10.2. The molecule has 0 fully saturated rings. The first-order chi connectivity index (χ1) is 9.02.